The Hall–Kier alpha value is -4.16. The van der Waals surface area contributed by atoms with Gasteiger partial charge in [-0.25, -0.2) is 9.18 Å². The molecule has 6 rings (SSSR count). The molecule has 1 saturated heterocycles. The summed E-state index contributed by atoms with van der Waals surface area (Å²) in [7, 11) is 1.63. The minimum Gasteiger partial charge on any atom is -0.497 e. The zero-order chi connectivity index (χ0) is 28.9. The van der Waals surface area contributed by atoms with Crippen LogP contribution in [0.15, 0.2) is 103 Å². The van der Waals surface area contributed by atoms with Gasteiger partial charge in [-0.2, -0.15) is 0 Å². The number of nitrogens with one attached hydrogen (secondary N) is 1. The van der Waals surface area contributed by atoms with Crippen molar-refractivity contribution in [3.8, 4) is 5.75 Å². The number of carbonyl (C=O) groups is 1. The van der Waals surface area contributed by atoms with Crippen molar-refractivity contribution in [3.63, 3.8) is 0 Å². The molecule has 2 amide bonds. The highest BCUT2D eigenvalue weighted by Crippen LogP contribution is 2.43. The summed E-state index contributed by atoms with van der Waals surface area (Å²) in [6, 6.07) is 33.7. The van der Waals surface area contributed by atoms with Crippen molar-refractivity contribution in [2.45, 2.75) is 37.1 Å². The Kier molecular flexibility index (Phi) is 8.24. The Labute approximate surface area is 247 Å². The fourth-order valence-corrected chi connectivity index (χ4v) is 6.78. The van der Waals surface area contributed by atoms with Gasteiger partial charge in [-0.05, 0) is 91.3 Å². The van der Waals surface area contributed by atoms with Crippen LogP contribution in [0.1, 0.15) is 47.4 Å². The topological polar surface area (TPSA) is 44.8 Å². The van der Waals surface area contributed by atoms with Crippen molar-refractivity contribution in [1.82, 2.24) is 9.80 Å². The highest BCUT2D eigenvalue weighted by molar-refractivity contribution is 5.90. The minimum absolute atomic E-state index is 0.113. The van der Waals surface area contributed by atoms with Crippen LogP contribution in [0.2, 0.25) is 0 Å². The van der Waals surface area contributed by atoms with Crippen LogP contribution >= 0.6 is 0 Å². The van der Waals surface area contributed by atoms with Crippen molar-refractivity contribution in [3.05, 3.63) is 131 Å². The van der Waals surface area contributed by atoms with Gasteiger partial charge in [0, 0.05) is 30.3 Å². The highest BCUT2D eigenvalue weighted by Gasteiger charge is 2.42. The van der Waals surface area contributed by atoms with E-state index >= 15 is 0 Å². The first-order chi connectivity index (χ1) is 20.5. The van der Waals surface area contributed by atoms with Crippen molar-refractivity contribution in [2.75, 3.05) is 38.6 Å². The summed E-state index contributed by atoms with van der Waals surface area (Å²) in [5, 5.41) is 3.11. The Morgan fingerprint density at radius 3 is 2.43 bits per heavy atom. The zero-order valence-corrected chi connectivity index (χ0v) is 24.1. The molecule has 0 spiro atoms. The number of rotatable bonds is 7. The fraction of sp³-hybridized carbons (Fsp3) is 0.306. The maximum atomic E-state index is 13.7. The maximum Gasteiger partial charge on any atom is 0.322 e. The number of fused-ring (bicyclic) bond motifs is 1. The fourth-order valence-electron chi connectivity index (χ4n) is 6.78. The Balaban J connectivity index is 1.24. The number of piperidine rings is 1. The predicted octanol–water partition coefficient (Wildman–Crippen LogP) is 7.44. The van der Waals surface area contributed by atoms with Gasteiger partial charge in [0.15, 0.2) is 0 Å². The number of urea groups is 1. The van der Waals surface area contributed by atoms with E-state index in [0.717, 1.165) is 38.9 Å². The Morgan fingerprint density at radius 1 is 0.929 bits per heavy atom. The number of nitrogens with zero attached hydrogens (tertiary/aromatic N) is 2. The number of amides is 2. The summed E-state index contributed by atoms with van der Waals surface area (Å²) < 4.78 is 18.8. The van der Waals surface area contributed by atoms with Gasteiger partial charge in [-0.1, -0.05) is 72.8 Å². The van der Waals surface area contributed by atoms with E-state index in [1.807, 2.05) is 41.3 Å². The summed E-state index contributed by atoms with van der Waals surface area (Å²) in [5.41, 5.74) is 5.34. The summed E-state index contributed by atoms with van der Waals surface area (Å²) in [6.07, 6.45) is 3.03. The van der Waals surface area contributed by atoms with Gasteiger partial charge >= 0.3 is 6.03 Å². The SMILES string of the molecule is COc1cccc(NC(=O)N2Cc3ccccc3C(CCN3CCC(c4ccc(F)cc4)CC3)(c3ccccc3)C2)c1. The van der Waals surface area contributed by atoms with Crippen molar-refractivity contribution < 1.29 is 13.9 Å². The lowest BCUT2D eigenvalue weighted by atomic mass is 9.68. The molecule has 0 bridgehead atoms. The van der Waals surface area contributed by atoms with Crippen LogP contribution in [0.25, 0.3) is 0 Å². The average molecular weight is 564 g/mol. The maximum absolute atomic E-state index is 13.7. The molecule has 1 N–H and O–H groups in total. The second kappa shape index (κ2) is 12.4. The van der Waals surface area contributed by atoms with E-state index in [0.29, 0.717) is 30.4 Å². The number of anilines is 1. The first-order valence-corrected chi connectivity index (χ1v) is 14.9. The molecule has 4 aromatic carbocycles. The first-order valence-electron chi connectivity index (χ1n) is 14.9. The van der Waals surface area contributed by atoms with Gasteiger partial charge in [0.05, 0.1) is 7.11 Å². The second-order valence-corrected chi connectivity index (χ2v) is 11.5. The number of hydrogen-bond donors (Lipinski definition) is 1. The molecule has 216 valence electrons. The van der Waals surface area contributed by atoms with Crippen LogP contribution < -0.4 is 10.1 Å². The monoisotopic (exact) mass is 563 g/mol. The van der Waals surface area contributed by atoms with Gasteiger partial charge in [0.2, 0.25) is 0 Å². The van der Waals surface area contributed by atoms with E-state index < -0.39 is 0 Å². The number of benzene rings is 4. The molecule has 2 aliphatic heterocycles. The third-order valence-electron chi connectivity index (χ3n) is 9.07. The number of ether oxygens (including phenoxy) is 1. The molecule has 0 saturated carbocycles. The number of halogens is 1. The van der Waals surface area contributed by atoms with E-state index in [9.17, 15) is 9.18 Å². The lowest BCUT2D eigenvalue weighted by Crippen LogP contribution is -2.51. The molecule has 2 heterocycles. The molecule has 42 heavy (non-hydrogen) atoms. The van der Waals surface area contributed by atoms with Crippen molar-refractivity contribution in [2.24, 2.45) is 0 Å². The van der Waals surface area contributed by atoms with E-state index in [4.69, 9.17) is 4.74 Å². The smallest absolute Gasteiger partial charge is 0.322 e. The summed E-state index contributed by atoms with van der Waals surface area (Å²) in [4.78, 5) is 18.2. The molecule has 6 heteroatoms. The largest absolute Gasteiger partial charge is 0.497 e. The quantitative estimate of drug-likeness (QED) is 0.254. The summed E-state index contributed by atoms with van der Waals surface area (Å²) in [6.45, 7) is 4.10. The minimum atomic E-state index is -0.338. The molecule has 2 aliphatic rings. The van der Waals surface area contributed by atoms with Crippen LogP contribution in [-0.2, 0) is 12.0 Å². The molecule has 0 aliphatic carbocycles. The third kappa shape index (κ3) is 5.90. The average Bonchev–Trinajstić information content (AvgIpc) is 3.04. The number of methoxy groups -OCH3 is 1. The lowest BCUT2D eigenvalue weighted by Gasteiger charge is -2.46. The zero-order valence-electron chi connectivity index (χ0n) is 24.1. The van der Waals surface area contributed by atoms with Gasteiger partial charge in [0.25, 0.3) is 0 Å². The predicted molar refractivity (Wildman–Crippen MR) is 166 cm³/mol. The van der Waals surface area contributed by atoms with Crippen molar-refractivity contribution in [1.29, 1.82) is 0 Å². The van der Waals surface area contributed by atoms with Gasteiger partial charge in [0.1, 0.15) is 11.6 Å². The van der Waals surface area contributed by atoms with E-state index in [1.54, 1.807) is 19.2 Å². The molecule has 1 atom stereocenters. The third-order valence-corrected chi connectivity index (χ3v) is 9.07. The molecule has 0 aromatic heterocycles. The molecule has 0 radical (unpaired) electrons. The van der Waals surface area contributed by atoms with Crippen LogP contribution in [0.4, 0.5) is 14.9 Å². The summed E-state index contributed by atoms with van der Waals surface area (Å²) in [5.74, 6) is 0.996. The van der Waals surface area contributed by atoms with E-state index in [1.165, 1.54) is 22.3 Å². The first kappa shape index (κ1) is 28.0. The molecule has 1 unspecified atom stereocenters. The normalized spacial score (nSPS) is 19.2. The molecule has 5 nitrogen and oxygen atoms in total. The summed E-state index contributed by atoms with van der Waals surface area (Å²) >= 11 is 0. The van der Waals surface area contributed by atoms with Gasteiger partial charge in [-0.15, -0.1) is 0 Å². The van der Waals surface area contributed by atoms with Gasteiger partial charge in [-0.3, -0.25) is 0 Å². The molecule has 4 aromatic rings. The van der Waals surface area contributed by atoms with Crippen LogP contribution in [-0.4, -0.2) is 49.1 Å². The van der Waals surface area contributed by atoms with Gasteiger partial charge < -0.3 is 19.9 Å². The standard InChI is InChI=1S/C36H38FN3O2/c1-42-33-12-7-11-32(24-33)38-35(41)40-25-29-8-5-6-13-34(29)36(26-40,30-9-3-2-4-10-30)20-23-39-21-18-28(19-22-39)27-14-16-31(37)17-15-27/h2-17,24,28H,18-23,25-26H2,1H3,(H,38,41). The number of hydrogen-bond acceptors (Lipinski definition) is 3. The van der Waals surface area contributed by atoms with E-state index in [2.05, 4.69) is 64.8 Å². The molecular weight excluding hydrogens is 525 g/mol. The second-order valence-electron chi connectivity index (χ2n) is 11.5. The van der Waals surface area contributed by atoms with Crippen LogP contribution in [0.3, 0.4) is 0 Å². The molecular formula is C36H38FN3O2. The van der Waals surface area contributed by atoms with E-state index in [-0.39, 0.29) is 17.3 Å². The molecule has 1 fully saturated rings. The van der Waals surface area contributed by atoms with Crippen LogP contribution in [0, 0.1) is 5.82 Å². The lowest BCUT2D eigenvalue weighted by molar-refractivity contribution is 0.163. The van der Waals surface area contributed by atoms with Crippen molar-refractivity contribution >= 4 is 11.7 Å². The highest BCUT2D eigenvalue weighted by atomic mass is 19.1. The Bertz CT molecular complexity index is 1500. The number of carbonyl (C=O) groups excluding carboxylic acids is 1. The van der Waals surface area contributed by atoms with Crippen LogP contribution in [0.5, 0.6) is 5.75 Å². The number of likely N-dealkylation sites (tertiary alicyclic amines) is 1. The Morgan fingerprint density at radius 2 is 1.67 bits per heavy atom.